The van der Waals surface area contributed by atoms with Gasteiger partial charge in [-0.3, -0.25) is 4.79 Å². The summed E-state index contributed by atoms with van der Waals surface area (Å²) >= 11 is 0. The first kappa shape index (κ1) is 22.4. The second kappa shape index (κ2) is 9.06. The molecule has 0 unspecified atom stereocenters. The largest absolute Gasteiger partial charge is 0.366 e. The highest BCUT2D eigenvalue weighted by molar-refractivity contribution is 5.93. The van der Waals surface area contributed by atoms with Gasteiger partial charge in [-0.15, -0.1) is 12.4 Å². The number of amides is 1. The summed E-state index contributed by atoms with van der Waals surface area (Å²) < 4.78 is 15.1. The fraction of sp³-hybridized carbons (Fsp3) is 0.435. The summed E-state index contributed by atoms with van der Waals surface area (Å²) in [5, 5.41) is 3.53. The number of nitrogens with one attached hydrogen (secondary N) is 1. The first-order valence-corrected chi connectivity index (χ1v) is 9.68. The van der Waals surface area contributed by atoms with E-state index in [-0.39, 0.29) is 18.2 Å². The van der Waals surface area contributed by atoms with Gasteiger partial charge in [-0.1, -0.05) is 38.1 Å². The van der Waals surface area contributed by atoms with E-state index in [9.17, 15) is 4.79 Å². The Hall–Kier alpha value is -1.91. The average Bonchev–Trinajstić information content (AvgIpc) is 2.62. The average molecular weight is 405 g/mol. The van der Waals surface area contributed by atoms with Crippen molar-refractivity contribution in [1.29, 1.82) is 0 Å². The Bertz CT molecular complexity index is 840. The van der Waals surface area contributed by atoms with Crippen LogP contribution in [0.15, 0.2) is 36.4 Å². The summed E-state index contributed by atoms with van der Waals surface area (Å²) in [6.07, 6.45) is 4.70. The van der Waals surface area contributed by atoms with Gasteiger partial charge in [0.25, 0.3) is 0 Å². The van der Waals surface area contributed by atoms with E-state index in [0.717, 1.165) is 24.0 Å². The Morgan fingerprint density at radius 2 is 1.86 bits per heavy atom. The molecule has 0 aliphatic heterocycles. The SMILES string of the molecule is Cc1cc(C(N)=O)ccc1-c1cccc(CNC2CCC(C)(C)CC2)c1F.Cl. The summed E-state index contributed by atoms with van der Waals surface area (Å²) in [5.41, 5.74) is 9.07. The molecule has 0 saturated heterocycles. The van der Waals surface area contributed by atoms with E-state index < -0.39 is 5.91 Å². The molecular weight excluding hydrogens is 375 g/mol. The van der Waals surface area contributed by atoms with Crippen molar-refractivity contribution in [1.82, 2.24) is 5.32 Å². The van der Waals surface area contributed by atoms with Gasteiger partial charge in [-0.25, -0.2) is 4.39 Å². The molecule has 1 amide bonds. The lowest BCUT2D eigenvalue weighted by Crippen LogP contribution is -2.35. The van der Waals surface area contributed by atoms with Crippen molar-refractivity contribution >= 4 is 18.3 Å². The van der Waals surface area contributed by atoms with Crippen molar-refractivity contribution in [3.63, 3.8) is 0 Å². The fourth-order valence-electron chi connectivity index (χ4n) is 3.90. The zero-order chi connectivity index (χ0) is 19.6. The van der Waals surface area contributed by atoms with Crippen LogP contribution in [0.4, 0.5) is 4.39 Å². The molecule has 1 fully saturated rings. The summed E-state index contributed by atoms with van der Waals surface area (Å²) in [6.45, 7) is 7.04. The lowest BCUT2D eigenvalue weighted by atomic mass is 9.75. The lowest BCUT2D eigenvalue weighted by molar-refractivity contribution is 0.1000. The Kier molecular flexibility index (Phi) is 7.24. The van der Waals surface area contributed by atoms with Crippen molar-refractivity contribution in [3.05, 3.63) is 58.9 Å². The molecule has 28 heavy (non-hydrogen) atoms. The standard InChI is InChI=1S/C23H29FN2O.ClH/c1-15-13-16(22(25)27)7-8-19(15)20-6-4-5-17(21(20)24)14-26-18-9-11-23(2,3)12-10-18;/h4-8,13,18,26H,9-12,14H2,1-3H3,(H2,25,27);1H. The predicted molar refractivity (Wildman–Crippen MR) is 115 cm³/mol. The number of carbonyl (C=O) groups is 1. The Balaban J connectivity index is 0.00000280. The number of rotatable bonds is 5. The molecule has 1 aliphatic carbocycles. The normalized spacial score (nSPS) is 16.4. The number of primary amides is 1. The highest BCUT2D eigenvalue weighted by Gasteiger charge is 2.26. The first-order chi connectivity index (χ1) is 12.8. The minimum atomic E-state index is -0.473. The third-order valence-corrected chi connectivity index (χ3v) is 5.80. The van der Waals surface area contributed by atoms with Gasteiger partial charge in [0.05, 0.1) is 0 Å². The van der Waals surface area contributed by atoms with E-state index in [0.29, 0.717) is 34.7 Å². The van der Waals surface area contributed by atoms with Crippen LogP contribution in [0, 0.1) is 18.2 Å². The molecule has 0 bridgehead atoms. The maximum atomic E-state index is 15.1. The van der Waals surface area contributed by atoms with Crippen molar-refractivity contribution in [2.75, 3.05) is 0 Å². The van der Waals surface area contributed by atoms with Gasteiger partial charge in [-0.05, 0) is 61.3 Å². The number of hydrogen-bond donors (Lipinski definition) is 2. The maximum absolute atomic E-state index is 15.1. The van der Waals surface area contributed by atoms with Gasteiger partial charge in [0.2, 0.25) is 5.91 Å². The van der Waals surface area contributed by atoms with Crippen LogP contribution in [0.5, 0.6) is 0 Å². The summed E-state index contributed by atoms with van der Waals surface area (Å²) in [4.78, 5) is 11.3. The monoisotopic (exact) mass is 404 g/mol. The Labute approximate surface area is 173 Å². The molecule has 152 valence electrons. The molecule has 3 nitrogen and oxygen atoms in total. The molecule has 3 rings (SSSR count). The van der Waals surface area contributed by atoms with E-state index in [4.69, 9.17) is 5.73 Å². The van der Waals surface area contributed by atoms with Crippen LogP contribution < -0.4 is 11.1 Å². The van der Waals surface area contributed by atoms with Gasteiger partial charge in [0.15, 0.2) is 0 Å². The van der Waals surface area contributed by atoms with E-state index in [1.54, 1.807) is 24.3 Å². The van der Waals surface area contributed by atoms with Crippen molar-refractivity contribution in [3.8, 4) is 11.1 Å². The number of nitrogens with two attached hydrogens (primary N) is 1. The van der Waals surface area contributed by atoms with Gasteiger partial charge in [0, 0.05) is 29.3 Å². The van der Waals surface area contributed by atoms with Crippen LogP contribution in [0.1, 0.15) is 61.0 Å². The molecule has 0 aromatic heterocycles. The number of carbonyl (C=O) groups excluding carboxylic acids is 1. The van der Waals surface area contributed by atoms with Crippen LogP contribution in [0.2, 0.25) is 0 Å². The summed E-state index contributed by atoms with van der Waals surface area (Å²) in [5.74, 6) is -0.671. The summed E-state index contributed by atoms with van der Waals surface area (Å²) in [6, 6.07) is 11.1. The van der Waals surface area contributed by atoms with Gasteiger partial charge in [-0.2, -0.15) is 0 Å². The Morgan fingerprint density at radius 1 is 1.18 bits per heavy atom. The number of hydrogen-bond acceptors (Lipinski definition) is 2. The lowest BCUT2D eigenvalue weighted by Gasteiger charge is -2.34. The minimum Gasteiger partial charge on any atom is -0.366 e. The highest BCUT2D eigenvalue weighted by atomic mass is 35.5. The van der Waals surface area contributed by atoms with Crippen LogP contribution in [-0.2, 0) is 6.54 Å². The summed E-state index contributed by atoms with van der Waals surface area (Å²) in [7, 11) is 0. The smallest absolute Gasteiger partial charge is 0.248 e. The van der Waals surface area contributed by atoms with Crippen molar-refractivity contribution in [2.45, 2.75) is 59.0 Å². The predicted octanol–water partition coefficient (Wildman–Crippen LogP) is 5.38. The molecule has 0 atom stereocenters. The number of benzene rings is 2. The fourth-order valence-corrected chi connectivity index (χ4v) is 3.90. The molecule has 1 aliphatic rings. The van der Waals surface area contributed by atoms with Crippen LogP contribution in [0.3, 0.4) is 0 Å². The third-order valence-electron chi connectivity index (χ3n) is 5.80. The van der Waals surface area contributed by atoms with Crippen LogP contribution in [0.25, 0.3) is 11.1 Å². The molecule has 0 spiro atoms. The number of halogens is 2. The molecule has 2 aromatic rings. The van der Waals surface area contributed by atoms with E-state index in [1.807, 2.05) is 19.1 Å². The molecule has 1 saturated carbocycles. The minimum absolute atomic E-state index is 0. The van der Waals surface area contributed by atoms with Gasteiger partial charge in [0.1, 0.15) is 5.82 Å². The van der Waals surface area contributed by atoms with E-state index in [2.05, 4.69) is 19.2 Å². The molecule has 3 N–H and O–H groups in total. The zero-order valence-corrected chi connectivity index (χ0v) is 17.7. The van der Waals surface area contributed by atoms with Crippen molar-refractivity contribution in [2.24, 2.45) is 11.1 Å². The second-order valence-corrected chi connectivity index (χ2v) is 8.49. The third kappa shape index (κ3) is 5.12. The van der Waals surface area contributed by atoms with Crippen LogP contribution in [-0.4, -0.2) is 11.9 Å². The maximum Gasteiger partial charge on any atom is 0.248 e. The second-order valence-electron chi connectivity index (χ2n) is 8.49. The highest BCUT2D eigenvalue weighted by Crippen LogP contribution is 2.35. The quantitative estimate of drug-likeness (QED) is 0.702. The molecule has 2 aromatic carbocycles. The molecule has 0 radical (unpaired) electrons. The molecule has 0 heterocycles. The Morgan fingerprint density at radius 3 is 2.46 bits per heavy atom. The van der Waals surface area contributed by atoms with Gasteiger partial charge >= 0.3 is 0 Å². The van der Waals surface area contributed by atoms with Crippen LogP contribution >= 0.6 is 12.4 Å². The number of aryl methyl sites for hydroxylation is 1. The van der Waals surface area contributed by atoms with E-state index >= 15 is 4.39 Å². The zero-order valence-electron chi connectivity index (χ0n) is 16.8. The molecule has 5 heteroatoms. The first-order valence-electron chi connectivity index (χ1n) is 9.68. The molecular formula is C23H30ClFN2O. The van der Waals surface area contributed by atoms with Crippen molar-refractivity contribution < 1.29 is 9.18 Å². The topological polar surface area (TPSA) is 55.1 Å². The van der Waals surface area contributed by atoms with Gasteiger partial charge < -0.3 is 11.1 Å². The van der Waals surface area contributed by atoms with E-state index in [1.165, 1.54) is 12.8 Å².